The van der Waals surface area contributed by atoms with Crippen molar-refractivity contribution >= 4 is 17.5 Å². The molecule has 1 saturated carbocycles. The maximum absolute atomic E-state index is 12.6. The highest BCUT2D eigenvalue weighted by Crippen LogP contribution is 2.25. The summed E-state index contributed by atoms with van der Waals surface area (Å²) >= 11 is 0. The lowest BCUT2D eigenvalue weighted by Crippen LogP contribution is -2.35. The third kappa shape index (κ3) is 5.07. The van der Waals surface area contributed by atoms with Crippen molar-refractivity contribution < 1.29 is 9.59 Å². The molecule has 3 rings (SSSR count). The van der Waals surface area contributed by atoms with Crippen molar-refractivity contribution in [2.45, 2.75) is 38.6 Å². The molecule has 2 atom stereocenters. The molecule has 0 unspecified atom stereocenters. The van der Waals surface area contributed by atoms with E-state index in [1.165, 1.54) is 0 Å². The molecular formula is C20H29N5O2. The van der Waals surface area contributed by atoms with E-state index < -0.39 is 0 Å². The number of rotatable bonds is 7. The van der Waals surface area contributed by atoms with E-state index in [-0.39, 0.29) is 17.9 Å². The van der Waals surface area contributed by atoms with Crippen molar-refractivity contribution in [3.8, 4) is 0 Å². The van der Waals surface area contributed by atoms with Gasteiger partial charge in [-0.3, -0.25) is 14.0 Å². The highest BCUT2D eigenvalue weighted by Gasteiger charge is 2.27. The number of imidazole rings is 1. The quantitative estimate of drug-likeness (QED) is 0.775. The molecule has 2 aromatic heterocycles. The Kier molecular flexibility index (Phi) is 6.11. The first kappa shape index (κ1) is 19.4. The molecule has 1 aliphatic rings. The molecule has 0 saturated heterocycles. The monoisotopic (exact) mass is 371 g/mol. The Morgan fingerprint density at radius 3 is 2.93 bits per heavy atom. The minimum absolute atomic E-state index is 0.0907. The minimum atomic E-state index is -0.0907. The molecule has 2 N–H and O–H groups in total. The summed E-state index contributed by atoms with van der Waals surface area (Å²) in [5.74, 6) is 0.424. The van der Waals surface area contributed by atoms with Crippen LogP contribution in [0.1, 0.15) is 41.7 Å². The normalized spacial score (nSPS) is 19.6. The van der Waals surface area contributed by atoms with Crippen LogP contribution in [0.3, 0.4) is 0 Å². The zero-order valence-corrected chi connectivity index (χ0v) is 16.4. The molecule has 0 bridgehead atoms. The summed E-state index contributed by atoms with van der Waals surface area (Å²) in [7, 11) is 3.92. The summed E-state index contributed by atoms with van der Waals surface area (Å²) in [5, 5.41) is 6.15. The molecule has 1 fully saturated rings. The summed E-state index contributed by atoms with van der Waals surface area (Å²) in [5.41, 5.74) is 2.46. The van der Waals surface area contributed by atoms with Crippen molar-refractivity contribution in [2.24, 2.45) is 5.92 Å². The first-order valence-electron chi connectivity index (χ1n) is 9.58. The van der Waals surface area contributed by atoms with E-state index in [9.17, 15) is 9.59 Å². The van der Waals surface area contributed by atoms with Gasteiger partial charge in [-0.15, -0.1) is 0 Å². The summed E-state index contributed by atoms with van der Waals surface area (Å²) in [6, 6.07) is 4.08. The maximum atomic E-state index is 12.6. The molecule has 27 heavy (non-hydrogen) atoms. The van der Waals surface area contributed by atoms with E-state index in [2.05, 4.69) is 15.6 Å². The van der Waals surface area contributed by atoms with Gasteiger partial charge in [0, 0.05) is 31.7 Å². The fourth-order valence-corrected chi connectivity index (χ4v) is 3.57. The van der Waals surface area contributed by atoms with Gasteiger partial charge in [0.1, 0.15) is 11.3 Å². The number of hydrogen-bond donors (Lipinski definition) is 2. The number of carbonyl (C=O) groups excluding carboxylic acids is 2. The molecule has 0 aliphatic heterocycles. The molecule has 0 aromatic carbocycles. The van der Waals surface area contributed by atoms with Crippen LogP contribution >= 0.6 is 0 Å². The van der Waals surface area contributed by atoms with Crippen LogP contribution in [0.5, 0.6) is 0 Å². The third-order valence-corrected chi connectivity index (χ3v) is 5.15. The van der Waals surface area contributed by atoms with Gasteiger partial charge in [0.2, 0.25) is 5.91 Å². The summed E-state index contributed by atoms with van der Waals surface area (Å²) in [6.45, 7) is 3.45. The van der Waals surface area contributed by atoms with E-state index in [0.29, 0.717) is 24.6 Å². The summed E-state index contributed by atoms with van der Waals surface area (Å²) < 4.78 is 1.82. The highest BCUT2D eigenvalue weighted by atomic mass is 16.2. The van der Waals surface area contributed by atoms with Crippen LogP contribution in [0.15, 0.2) is 24.5 Å². The van der Waals surface area contributed by atoms with Crippen molar-refractivity contribution in [1.82, 2.24) is 24.9 Å². The van der Waals surface area contributed by atoms with Gasteiger partial charge in [-0.25, -0.2) is 4.98 Å². The van der Waals surface area contributed by atoms with Crippen LogP contribution in [0.2, 0.25) is 0 Å². The second kappa shape index (κ2) is 8.52. The van der Waals surface area contributed by atoms with E-state index in [1.54, 1.807) is 6.20 Å². The molecule has 2 amide bonds. The molecule has 2 aromatic rings. The van der Waals surface area contributed by atoms with Crippen LogP contribution in [0.25, 0.3) is 5.65 Å². The lowest BCUT2D eigenvalue weighted by atomic mass is 10.1. The molecule has 1 aliphatic carbocycles. The topological polar surface area (TPSA) is 78.7 Å². The number of nitrogens with one attached hydrogen (secondary N) is 2. The largest absolute Gasteiger partial charge is 0.356 e. The van der Waals surface area contributed by atoms with E-state index in [0.717, 1.165) is 37.0 Å². The Labute approximate surface area is 160 Å². The van der Waals surface area contributed by atoms with Crippen LogP contribution in [0.4, 0.5) is 0 Å². The molecule has 0 radical (unpaired) electrons. The number of nitrogens with zero attached hydrogens (tertiary/aromatic N) is 3. The van der Waals surface area contributed by atoms with Crippen molar-refractivity contribution in [1.29, 1.82) is 0 Å². The highest BCUT2D eigenvalue weighted by molar-refractivity contribution is 5.93. The Morgan fingerprint density at radius 2 is 2.15 bits per heavy atom. The number of fused-ring (bicyclic) bond motifs is 1. The minimum Gasteiger partial charge on any atom is -0.356 e. The Balaban J connectivity index is 1.48. The van der Waals surface area contributed by atoms with Crippen LogP contribution in [0, 0.1) is 12.8 Å². The number of aryl methyl sites for hydroxylation is 1. The number of amides is 2. The van der Waals surface area contributed by atoms with E-state index >= 15 is 0 Å². The van der Waals surface area contributed by atoms with E-state index in [1.807, 2.05) is 48.6 Å². The predicted octanol–water partition coefficient (Wildman–Crippen LogP) is 1.61. The summed E-state index contributed by atoms with van der Waals surface area (Å²) in [4.78, 5) is 30.8. The first-order valence-corrected chi connectivity index (χ1v) is 9.58. The number of aromatic nitrogens is 2. The zero-order chi connectivity index (χ0) is 19.4. The maximum Gasteiger partial charge on any atom is 0.270 e. The van der Waals surface area contributed by atoms with Crippen LogP contribution in [-0.2, 0) is 4.79 Å². The van der Waals surface area contributed by atoms with Crippen molar-refractivity contribution in [3.63, 3.8) is 0 Å². The third-order valence-electron chi connectivity index (χ3n) is 5.15. The average molecular weight is 371 g/mol. The lowest BCUT2D eigenvalue weighted by Gasteiger charge is -2.15. The van der Waals surface area contributed by atoms with Gasteiger partial charge < -0.3 is 15.5 Å². The molecule has 7 heteroatoms. The second-order valence-electron chi connectivity index (χ2n) is 7.78. The van der Waals surface area contributed by atoms with Crippen LogP contribution in [-0.4, -0.2) is 59.3 Å². The van der Waals surface area contributed by atoms with Crippen LogP contribution < -0.4 is 10.6 Å². The lowest BCUT2D eigenvalue weighted by molar-refractivity contribution is -0.121. The molecular weight excluding hydrogens is 342 g/mol. The fraction of sp³-hybridized carbons (Fsp3) is 0.550. The zero-order valence-electron chi connectivity index (χ0n) is 16.4. The van der Waals surface area contributed by atoms with Gasteiger partial charge in [0.25, 0.3) is 5.91 Å². The van der Waals surface area contributed by atoms with Gasteiger partial charge in [-0.1, -0.05) is 0 Å². The number of carbonyl (C=O) groups is 2. The average Bonchev–Trinajstić information content (AvgIpc) is 3.24. The Morgan fingerprint density at radius 1 is 1.33 bits per heavy atom. The van der Waals surface area contributed by atoms with Gasteiger partial charge in [0.15, 0.2) is 0 Å². The number of pyridine rings is 1. The van der Waals surface area contributed by atoms with Gasteiger partial charge in [0.05, 0.1) is 6.20 Å². The molecule has 7 nitrogen and oxygen atoms in total. The SMILES string of the molecule is Cc1ccn2c(C(=O)N[C@H]3CC[C@@H](CNC(=O)CCN(C)C)C3)cnc2c1. The molecule has 2 heterocycles. The van der Waals surface area contributed by atoms with Crippen molar-refractivity contribution in [3.05, 3.63) is 35.8 Å². The Hall–Kier alpha value is -2.41. The van der Waals surface area contributed by atoms with Gasteiger partial charge in [-0.05, 0) is 63.9 Å². The van der Waals surface area contributed by atoms with Gasteiger partial charge >= 0.3 is 0 Å². The van der Waals surface area contributed by atoms with Crippen molar-refractivity contribution in [2.75, 3.05) is 27.2 Å². The Bertz CT molecular complexity index is 814. The van der Waals surface area contributed by atoms with E-state index in [4.69, 9.17) is 0 Å². The first-order chi connectivity index (χ1) is 12.9. The second-order valence-corrected chi connectivity index (χ2v) is 7.78. The standard InChI is InChI=1S/C20H29N5O2/c1-14-6-9-25-17(13-21-18(25)10-14)20(27)23-16-5-4-15(11-16)12-22-19(26)7-8-24(2)3/h6,9-10,13,15-16H,4-5,7-8,11-12H2,1-3H3,(H,22,26)(H,23,27)/t15-,16+/m1/s1. The molecule has 0 spiro atoms. The molecule has 146 valence electrons. The fourth-order valence-electron chi connectivity index (χ4n) is 3.57. The van der Waals surface area contributed by atoms with Gasteiger partial charge in [-0.2, -0.15) is 0 Å². The predicted molar refractivity (Wildman–Crippen MR) is 105 cm³/mol. The summed E-state index contributed by atoms with van der Waals surface area (Å²) in [6.07, 6.45) is 6.89. The number of hydrogen-bond acceptors (Lipinski definition) is 4. The smallest absolute Gasteiger partial charge is 0.270 e.